The van der Waals surface area contributed by atoms with Gasteiger partial charge in [-0.3, -0.25) is 4.79 Å². The zero-order chi connectivity index (χ0) is 33.0. The van der Waals surface area contributed by atoms with E-state index < -0.39 is 115 Å². The topological polar surface area (TPSA) is 341 Å². The largest absolute Gasteiger partial charge is 0.394 e. The highest BCUT2D eigenvalue weighted by atomic mass is 16.7. The van der Waals surface area contributed by atoms with Crippen LogP contribution < -0.4 is 39.3 Å². The Morgan fingerprint density at radius 3 is 2.11 bits per heavy atom. The summed E-state index contributed by atoms with van der Waals surface area (Å²) in [6, 6.07) is -5.02. The van der Waals surface area contributed by atoms with Gasteiger partial charge in [0.05, 0.1) is 43.0 Å². The van der Waals surface area contributed by atoms with Gasteiger partial charge in [-0.15, -0.1) is 0 Å². The summed E-state index contributed by atoms with van der Waals surface area (Å²) in [6.07, 6.45) is -11.8. The smallest absolute Gasteiger partial charge is 0.253 e. The second kappa shape index (κ2) is 13.7. The molecule has 5 fully saturated rings. The normalized spacial score (nSPS) is 53.4. The van der Waals surface area contributed by atoms with Gasteiger partial charge in [0.1, 0.15) is 36.6 Å². The minimum absolute atomic E-state index is 0.0254. The van der Waals surface area contributed by atoms with Crippen LogP contribution in [0.5, 0.6) is 0 Å². The molecule has 2 aliphatic heterocycles. The molecule has 0 aromatic heterocycles. The Balaban J connectivity index is 1.35. The molecule has 5 rings (SSSR count). The number of carbonyl (C=O) groups excluding carboxylic acids is 1. The summed E-state index contributed by atoms with van der Waals surface area (Å²) in [5, 5.41) is 80.6. The predicted molar refractivity (Wildman–Crippen MR) is 154 cm³/mol. The summed E-state index contributed by atoms with van der Waals surface area (Å²) >= 11 is 0. The Morgan fingerprint density at radius 2 is 1.51 bits per heavy atom. The molecule has 3 aliphatic carbocycles. The summed E-state index contributed by atoms with van der Waals surface area (Å²) in [4.78, 5) is 13.0. The average molecular weight is 650 g/mol. The van der Waals surface area contributed by atoms with Gasteiger partial charge in [-0.1, -0.05) is 0 Å². The molecule has 1 amide bonds. The molecule has 45 heavy (non-hydrogen) atoms. The van der Waals surface area contributed by atoms with Crippen molar-refractivity contribution in [1.82, 2.24) is 10.6 Å². The van der Waals surface area contributed by atoms with Crippen molar-refractivity contribution in [1.29, 1.82) is 0 Å². The van der Waals surface area contributed by atoms with Gasteiger partial charge in [0.2, 0.25) is 0 Å². The molecule has 19 N–H and O–H groups in total. The molecule has 0 aromatic carbocycles. The van der Waals surface area contributed by atoms with E-state index in [1.165, 1.54) is 0 Å². The van der Waals surface area contributed by atoms with E-state index in [9.17, 15) is 40.5 Å². The van der Waals surface area contributed by atoms with Crippen LogP contribution in [0, 0.1) is 11.8 Å². The molecule has 0 spiro atoms. The molecule has 0 aromatic rings. The van der Waals surface area contributed by atoms with Crippen molar-refractivity contribution in [3.8, 4) is 0 Å². The van der Waals surface area contributed by atoms with Gasteiger partial charge in [0, 0.05) is 37.0 Å². The van der Waals surface area contributed by atoms with Crippen molar-refractivity contribution < 1.29 is 54.8 Å². The van der Waals surface area contributed by atoms with Crippen LogP contribution in [-0.4, -0.2) is 164 Å². The third kappa shape index (κ3) is 6.89. The number of aliphatic hydroxyl groups excluding tert-OH is 6. The van der Waals surface area contributed by atoms with Crippen LogP contribution in [0.4, 0.5) is 0 Å². The number of amides is 1. The molecule has 0 bridgehead atoms. The molecule has 260 valence electrons. The molecule has 3 saturated carbocycles. The lowest BCUT2D eigenvalue weighted by atomic mass is 9.71. The fourth-order valence-electron chi connectivity index (χ4n) is 7.18. The van der Waals surface area contributed by atoms with E-state index in [1.54, 1.807) is 0 Å². The van der Waals surface area contributed by atoms with E-state index >= 15 is 0 Å². The van der Waals surface area contributed by atoms with Gasteiger partial charge in [0.15, 0.2) is 11.9 Å². The minimum Gasteiger partial charge on any atom is -0.394 e. The van der Waals surface area contributed by atoms with E-state index in [2.05, 4.69) is 10.6 Å². The Kier molecular flexibility index (Phi) is 10.7. The fourth-order valence-corrected chi connectivity index (χ4v) is 7.18. The van der Waals surface area contributed by atoms with E-state index in [-0.39, 0.29) is 25.4 Å². The lowest BCUT2D eigenvalue weighted by molar-refractivity contribution is -0.307. The van der Waals surface area contributed by atoms with Gasteiger partial charge in [-0.2, -0.15) is 0 Å². The van der Waals surface area contributed by atoms with Gasteiger partial charge >= 0.3 is 0 Å². The summed E-state index contributed by atoms with van der Waals surface area (Å²) in [6.45, 7) is 0.163. The van der Waals surface area contributed by atoms with Gasteiger partial charge in [-0.05, 0) is 31.7 Å². The number of nitrogens with one attached hydrogen (secondary N) is 2. The number of ether oxygens (including phenoxy) is 3. The zero-order valence-corrected chi connectivity index (χ0v) is 25.0. The van der Waals surface area contributed by atoms with Crippen LogP contribution in [-0.2, 0) is 19.0 Å². The maximum Gasteiger partial charge on any atom is 0.253 e. The van der Waals surface area contributed by atoms with Crippen LogP contribution in [0.3, 0.4) is 0 Å². The Hall–Kier alpha value is -1.17. The van der Waals surface area contributed by atoms with Crippen LogP contribution in [0.25, 0.3) is 0 Å². The predicted octanol–water partition coefficient (Wildman–Crippen LogP) is -8.06. The van der Waals surface area contributed by atoms with Crippen LogP contribution in [0.2, 0.25) is 0 Å². The first kappa shape index (κ1) is 35.1. The number of carbonyl (C=O) groups is 1. The SMILES string of the molecule is NC1CC(CNC[C@H]2O[C@H](C3[C@@H](N)C[C@@H](NC(=O)C4(O)CC4N)[C@H](O[C@H]4O[C@H](CO)[C@@H](O)[C@H](N)[C@H]4O)[C@H]3O)[C@H](N)[C@@H](O)[C@@H]2O)C1. The Labute approximate surface area is 260 Å². The van der Waals surface area contributed by atoms with Crippen molar-refractivity contribution in [2.75, 3.05) is 19.7 Å². The molecular formula is C27H51N7O11. The fraction of sp³-hybridized carbons (Fsp3) is 0.963. The zero-order valence-electron chi connectivity index (χ0n) is 25.0. The Morgan fingerprint density at radius 1 is 0.844 bits per heavy atom. The maximum absolute atomic E-state index is 13.0. The number of rotatable bonds is 10. The van der Waals surface area contributed by atoms with Gasteiger partial charge < -0.3 is 89.3 Å². The highest BCUT2D eigenvalue weighted by Gasteiger charge is 2.60. The highest BCUT2D eigenvalue weighted by Crippen LogP contribution is 2.39. The lowest BCUT2D eigenvalue weighted by Gasteiger charge is -2.52. The summed E-state index contributed by atoms with van der Waals surface area (Å²) in [5.41, 5.74) is 28.6. The van der Waals surface area contributed by atoms with E-state index in [4.69, 9.17) is 42.9 Å². The molecular weight excluding hydrogens is 598 g/mol. The van der Waals surface area contributed by atoms with E-state index in [0.717, 1.165) is 12.8 Å². The molecule has 3 unspecified atom stereocenters. The van der Waals surface area contributed by atoms with Crippen LogP contribution in [0.1, 0.15) is 25.7 Å². The van der Waals surface area contributed by atoms with E-state index in [0.29, 0.717) is 12.5 Å². The molecule has 2 heterocycles. The lowest BCUT2D eigenvalue weighted by Crippen LogP contribution is -2.72. The quantitative estimate of drug-likeness (QED) is 0.104. The average Bonchev–Trinajstić information content (AvgIpc) is 3.61. The third-order valence-electron chi connectivity index (χ3n) is 10.3. The molecule has 5 aliphatic rings. The van der Waals surface area contributed by atoms with Crippen molar-refractivity contribution in [3.63, 3.8) is 0 Å². The van der Waals surface area contributed by atoms with Crippen LogP contribution >= 0.6 is 0 Å². The standard InChI is InChI=1S/C27H51N7O11/c28-9-1-8(2-9)5-33-6-12-19(37)21(39)17(32)24(43-12)15-10(29)3-11(34-26(41)27(42)4-14(27)30)23(20(15)38)45-25-22(40)16(31)18(36)13(7-35)44-25/h8-25,33,35-40,42H,1-7,28-32H2,(H,34,41)/t8?,9?,10-,11+,12+,13+,14?,15?,16-,17+,18+,19+,20-,21+,22+,23-,24+,25+,27?/m0/s1. The minimum atomic E-state index is -1.81. The van der Waals surface area contributed by atoms with Crippen molar-refractivity contribution in [2.24, 2.45) is 40.5 Å². The molecule has 18 heteroatoms. The van der Waals surface area contributed by atoms with Crippen molar-refractivity contribution >= 4 is 5.91 Å². The monoisotopic (exact) mass is 649 g/mol. The Bertz CT molecular complexity index is 1030. The third-order valence-corrected chi connectivity index (χ3v) is 10.3. The number of hydrogen-bond donors (Lipinski definition) is 14. The van der Waals surface area contributed by atoms with E-state index in [1.807, 2.05) is 0 Å². The second-order valence-electron chi connectivity index (χ2n) is 13.6. The first-order valence-electron chi connectivity index (χ1n) is 15.7. The van der Waals surface area contributed by atoms with Gasteiger partial charge in [0.25, 0.3) is 5.91 Å². The van der Waals surface area contributed by atoms with Crippen molar-refractivity contribution in [2.45, 2.75) is 129 Å². The number of hydrogen-bond acceptors (Lipinski definition) is 17. The van der Waals surface area contributed by atoms with Gasteiger partial charge in [-0.25, -0.2) is 0 Å². The summed E-state index contributed by atoms with van der Waals surface area (Å²) in [5.74, 6) is -1.44. The highest BCUT2D eigenvalue weighted by molar-refractivity contribution is 5.89. The first-order chi connectivity index (χ1) is 21.2. The molecule has 17 atom stereocenters. The van der Waals surface area contributed by atoms with Crippen molar-refractivity contribution in [3.05, 3.63) is 0 Å². The summed E-state index contributed by atoms with van der Waals surface area (Å²) < 4.78 is 17.8. The molecule has 0 radical (unpaired) electrons. The number of aliphatic hydroxyl groups is 7. The van der Waals surface area contributed by atoms with Crippen LogP contribution in [0.15, 0.2) is 0 Å². The summed E-state index contributed by atoms with van der Waals surface area (Å²) in [7, 11) is 0. The number of nitrogens with two attached hydrogens (primary N) is 5. The first-order valence-corrected chi connectivity index (χ1v) is 15.7. The molecule has 2 saturated heterocycles. The molecule has 18 nitrogen and oxygen atoms in total. The second-order valence-corrected chi connectivity index (χ2v) is 13.6. The maximum atomic E-state index is 13.0.